The summed E-state index contributed by atoms with van der Waals surface area (Å²) >= 11 is 6.66. The van der Waals surface area contributed by atoms with E-state index in [1.165, 1.54) is 4.90 Å². The van der Waals surface area contributed by atoms with Gasteiger partial charge in [0, 0.05) is 22.0 Å². The number of benzene rings is 1. The highest BCUT2D eigenvalue weighted by molar-refractivity contribution is 9.11. The molecule has 1 aromatic rings. The molecule has 1 aromatic carbocycles. The summed E-state index contributed by atoms with van der Waals surface area (Å²) in [6, 6.07) is 5.34. The van der Waals surface area contributed by atoms with Crippen molar-refractivity contribution in [2.45, 2.75) is 13.8 Å². The van der Waals surface area contributed by atoms with Crippen molar-refractivity contribution >= 4 is 43.7 Å². The molecular formula is C13H15Br2NO3. The standard InChI is InChI=1S/C13H15Br2NO3/c1-3-16(7-8(2)13(18)19)12(17)10-6-9(14)4-5-11(10)15/h4-6,8H,3,7H2,1-2H3,(H,18,19). The van der Waals surface area contributed by atoms with Gasteiger partial charge in [-0.2, -0.15) is 0 Å². The van der Waals surface area contributed by atoms with E-state index >= 15 is 0 Å². The first-order valence-corrected chi connectivity index (χ1v) is 7.42. The van der Waals surface area contributed by atoms with Crippen molar-refractivity contribution in [1.82, 2.24) is 4.90 Å². The SMILES string of the molecule is CCN(CC(C)C(=O)O)C(=O)c1cc(Br)ccc1Br. The van der Waals surface area contributed by atoms with E-state index in [2.05, 4.69) is 31.9 Å². The van der Waals surface area contributed by atoms with Crippen molar-refractivity contribution in [3.8, 4) is 0 Å². The van der Waals surface area contributed by atoms with E-state index in [0.717, 1.165) is 4.47 Å². The normalized spacial score (nSPS) is 12.0. The predicted molar refractivity (Wildman–Crippen MR) is 80.2 cm³/mol. The van der Waals surface area contributed by atoms with E-state index in [1.54, 1.807) is 19.1 Å². The molecule has 0 saturated carbocycles. The Morgan fingerprint density at radius 1 is 1.37 bits per heavy atom. The van der Waals surface area contributed by atoms with Gasteiger partial charge in [0.25, 0.3) is 5.91 Å². The second kappa shape index (κ2) is 7.05. The zero-order valence-electron chi connectivity index (χ0n) is 10.7. The number of nitrogens with zero attached hydrogens (tertiary/aromatic N) is 1. The smallest absolute Gasteiger partial charge is 0.308 e. The third-order valence-electron chi connectivity index (χ3n) is 2.74. The Morgan fingerprint density at radius 3 is 2.53 bits per heavy atom. The number of hydrogen-bond acceptors (Lipinski definition) is 2. The minimum absolute atomic E-state index is 0.177. The molecular weight excluding hydrogens is 378 g/mol. The molecule has 1 amide bonds. The molecule has 104 valence electrons. The molecule has 4 nitrogen and oxygen atoms in total. The Morgan fingerprint density at radius 2 is 2.00 bits per heavy atom. The van der Waals surface area contributed by atoms with E-state index < -0.39 is 11.9 Å². The van der Waals surface area contributed by atoms with Gasteiger partial charge in [-0.05, 0) is 41.1 Å². The van der Waals surface area contributed by atoms with Gasteiger partial charge < -0.3 is 10.0 Å². The third kappa shape index (κ3) is 4.31. The summed E-state index contributed by atoms with van der Waals surface area (Å²) in [4.78, 5) is 24.8. The van der Waals surface area contributed by atoms with Gasteiger partial charge in [-0.1, -0.05) is 22.9 Å². The first-order chi connectivity index (χ1) is 8.86. The Hall–Kier alpha value is -0.880. The van der Waals surface area contributed by atoms with Crippen molar-refractivity contribution in [1.29, 1.82) is 0 Å². The molecule has 0 aliphatic rings. The highest BCUT2D eigenvalue weighted by Crippen LogP contribution is 2.23. The summed E-state index contributed by atoms with van der Waals surface area (Å²) in [5.74, 6) is -1.67. The number of rotatable bonds is 5. The maximum absolute atomic E-state index is 12.4. The zero-order chi connectivity index (χ0) is 14.6. The molecule has 0 bridgehead atoms. The van der Waals surface area contributed by atoms with E-state index in [1.807, 2.05) is 13.0 Å². The van der Waals surface area contributed by atoms with Crippen LogP contribution in [0.15, 0.2) is 27.1 Å². The average molecular weight is 393 g/mol. The van der Waals surface area contributed by atoms with Crippen LogP contribution >= 0.6 is 31.9 Å². The minimum Gasteiger partial charge on any atom is -0.481 e. The van der Waals surface area contributed by atoms with Crippen LogP contribution in [-0.4, -0.2) is 35.0 Å². The molecule has 0 aromatic heterocycles. The monoisotopic (exact) mass is 391 g/mol. The fourth-order valence-electron chi connectivity index (χ4n) is 1.60. The van der Waals surface area contributed by atoms with Crippen LogP contribution in [0.5, 0.6) is 0 Å². The number of aliphatic carboxylic acids is 1. The van der Waals surface area contributed by atoms with Crippen LogP contribution in [0, 0.1) is 5.92 Å². The molecule has 1 N–H and O–H groups in total. The Kier molecular flexibility index (Phi) is 6.00. The molecule has 0 saturated heterocycles. The number of carboxylic acids is 1. The number of halogens is 2. The van der Waals surface area contributed by atoms with E-state index in [4.69, 9.17) is 5.11 Å². The highest BCUT2D eigenvalue weighted by Gasteiger charge is 2.22. The van der Waals surface area contributed by atoms with Crippen molar-refractivity contribution in [2.24, 2.45) is 5.92 Å². The molecule has 0 aliphatic heterocycles. The lowest BCUT2D eigenvalue weighted by atomic mass is 10.1. The Bertz CT molecular complexity index is 491. The maximum atomic E-state index is 12.4. The molecule has 0 heterocycles. The van der Waals surface area contributed by atoms with Crippen LogP contribution in [-0.2, 0) is 4.79 Å². The van der Waals surface area contributed by atoms with Gasteiger partial charge in [0.2, 0.25) is 0 Å². The number of hydrogen-bond donors (Lipinski definition) is 1. The fourth-order valence-corrected chi connectivity index (χ4v) is 2.37. The summed E-state index contributed by atoms with van der Waals surface area (Å²) < 4.78 is 1.50. The van der Waals surface area contributed by atoms with Gasteiger partial charge in [-0.15, -0.1) is 0 Å². The maximum Gasteiger partial charge on any atom is 0.308 e. The van der Waals surface area contributed by atoms with Gasteiger partial charge in [-0.3, -0.25) is 9.59 Å². The first kappa shape index (κ1) is 16.2. The molecule has 6 heteroatoms. The second-order valence-electron chi connectivity index (χ2n) is 4.21. The van der Waals surface area contributed by atoms with Crippen LogP contribution in [0.4, 0.5) is 0 Å². The lowest BCUT2D eigenvalue weighted by Gasteiger charge is -2.23. The van der Waals surface area contributed by atoms with Crippen LogP contribution in [0.3, 0.4) is 0 Å². The van der Waals surface area contributed by atoms with Crippen LogP contribution in [0.2, 0.25) is 0 Å². The molecule has 1 unspecified atom stereocenters. The van der Waals surface area contributed by atoms with Gasteiger partial charge >= 0.3 is 5.97 Å². The number of carboxylic acid groups (broad SMARTS) is 1. The molecule has 0 aliphatic carbocycles. The number of amides is 1. The van der Waals surface area contributed by atoms with Crippen LogP contribution in [0.25, 0.3) is 0 Å². The van der Waals surface area contributed by atoms with E-state index in [-0.39, 0.29) is 12.5 Å². The van der Waals surface area contributed by atoms with Gasteiger partial charge in [0.1, 0.15) is 0 Å². The van der Waals surface area contributed by atoms with E-state index in [9.17, 15) is 9.59 Å². The van der Waals surface area contributed by atoms with Crippen LogP contribution in [0.1, 0.15) is 24.2 Å². The lowest BCUT2D eigenvalue weighted by molar-refractivity contribution is -0.141. The second-order valence-corrected chi connectivity index (χ2v) is 5.98. The minimum atomic E-state index is -0.903. The zero-order valence-corrected chi connectivity index (χ0v) is 13.9. The summed E-state index contributed by atoms with van der Waals surface area (Å²) in [5, 5.41) is 8.92. The Labute approximate surface area is 129 Å². The summed E-state index contributed by atoms with van der Waals surface area (Å²) in [5.41, 5.74) is 0.522. The fraction of sp³-hybridized carbons (Fsp3) is 0.385. The Balaban J connectivity index is 2.95. The van der Waals surface area contributed by atoms with Crippen molar-refractivity contribution < 1.29 is 14.7 Å². The molecule has 0 spiro atoms. The lowest BCUT2D eigenvalue weighted by Crippen LogP contribution is -2.36. The molecule has 19 heavy (non-hydrogen) atoms. The van der Waals surface area contributed by atoms with E-state index in [0.29, 0.717) is 16.6 Å². The van der Waals surface area contributed by atoms with Crippen molar-refractivity contribution in [3.05, 3.63) is 32.7 Å². The average Bonchev–Trinajstić information content (AvgIpc) is 2.37. The number of carbonyl (C=O) groups is 2. The van der Waals surface area contributed by atoms with Gasteiger partial charge in [-0.25, -0.2) is 0 Å². The van der Waals surface area contributed by atoms with Crippen molar-refractivity contribution in [2.75, 3.05) is 13.1 Å². The van der Waals surface area contributed by atoms with Gasteiger partial charge in [0.05, 0.1) is 11.5 Å². The predicted octanol–water partition coefficient (Wildman–Crippen LogP) is 3.39. The van der Waals surface area contributed by atoms with Crippen LogP contribution < -0.4 is 0 Å². The number of carbonyl (C=O) groups excluding carboxylic acids is 1. The molecule has 1 rings (SSSR count). The largest absolute Gasteiger partial charge is 0.481 e. The first-order valence-electron chi connectivity index (χ1n) is 5.84. The van der Waals surface area contributed by atoms with Gasteiger partial charge in [0.15, 0.2) is 0 Å². The third-order valence-corrected chi connectivity index (χ3v) is 3.93. The molecule has 0 fully saturated rings. The molecule has 1 atom stereocenters. The highest BCUT2D eigenvalue weighted by atomic mass is 79.9. The summed E-state index contributed by atoms with van der Waals surface area (Å²) in [7, 11) is 0. The van der Waals surface area contributed by atoms with Crippen molar-refractivity contribution in [3.63, 3.8) is 0 Å². The molecule has 0 radical (unpaired) electrons. The summed E-state index contributed by atoms with van der Waals surface area (Å²) in [6.07, 6.45) is 0. The topological polar surface area (TPSA) is 57.6 Å². The summed E-state index contributed by atoms with van der Waals surface area (Å²) in [6.45, 7) is 4.09. The quantitative estimate of drug-likeness (QED) is 0.835.